The molecule has 0 radical (unpaired) electrons. The van der Waals surface area contributed by atoms with Crippen LogP contribution in [0.25, 0.3) is 10.2 Å². The van der Waals surface area contributed by atoms with Gasteiger partial charge in [0.25, 0.3) is 0 Å². The van der Waals surface area contributed by atoms with Gasteiger partial charge < -0.3 is 37.9 Å². The number of fused-ring (bicyclic) bond motifs is 1. The number of ether oxygens (including phenoxy) is 8. The third-order valence-electron chi connectivity index (χ3n) is 11.8. The summed E-state index contributed by atoms with van der Waals surface area (Å²) in [5.74, 6) is -4.16. The number of esters is 7. The van der Waals surface area contributed by atoms with Crippen molar-refractivity contribution in [3.05, 3.63) is 135 Å². The van der Waals surface area contributed by atoms with E-state index in [1.165, 1.54) is 53.9 Å². The fourth-order valence-corrected chi connectivity index (χ4v) is 8.69. The molecule has 2 saturated carbocycles. The molecule has 0 spiro atoms. The highest BCUT2D eigenvalue weighted by Crippen LogP contribution is 2.35. The van der Waals surface area contributed by atoms with E-state index < -0.39 is 71.6 Å². The zero-order valence-electron chi connectivity index (χ0n) is 39.5. The molecular formula is C54H51N3O15S. The van der Waals surface area contributed by atoms with Crippen LogP contribution in [0.3, 0.4) is 0 Å². The van der Waals surface area contributed by atoms with Crippen molar-refractivity contribution in [3.63, 3.8) is 0 Å². The standard InChI is InChI=1S/C54H51N3O15S/c1-4-47(58)66-32-43(68-49(60)6-3)31-65-38-19-21-40(22-20-38)69-50(61)33-11-13-35(14-12-33)52(63)71-42-27-28-45(37(29-42)30-55-57-54-56-44-9-7-8-10-46(44)73-54)72-53(64)36-17-15-34(16-18-36)51(62)70-41-25-23-39(24-26-41)67-48(59)5-2/h4-10,19-30,33-36,43H,1-3,11-18,31-32H2,(H,56,57)/b55-30+. The number of benzene rings is 4. The monoisotopic (exact) mass is 1010 g/mol. The van der Waals surface area contributed by atoms with Crippen molar-refractivity contribution in [2.24, 2.45) is 28.8 Å². The molecule has 4 aromatic carbocycles. The fraction of sp³-hybridized carbons (Fsp3) is 0.278. The Morgan fingerprint density at radius 2 is 1.05 bits per heavy atom. The highest BCUT2D eigenvalue weighted by molar-refractivity contribution is 7.22. The van der Waals surface area contributed by atoms with Crippen molar-refractivity contribution >= 4 is 74.7 Å². The van der Waals surface area contributed by atoms with Crippen molar-refractivity contribution in [2.45, 2.75) is 57.5 Å². The van der Waals surface area contributed by atoms with Crippen molar-refractivity contribution in [2.75, 3.05) is 18.6 Å². The van der Waals surface area contributed by atoms with Crippen LogP contribution in [0.15, 0.2) is 134 Å². The molecule has 1 aromatic heterocycles. The molecule has 5 aromatic rings. The molecule has 0 amide bonds. The number of hydrogen-bond donors (Lipinski definition) is 1. The van der Waals surface area contributed by atoms with Crippen LogP contribution in [0, 0.1) is 23.7 Å². The number of thiazole rings is 1. The number of carbonyl (C=O) groups is 7. The third kappa shape index (κ3) is 15.3. The summed E-state index contributed by atoms with van der Waals surface area (Å²) in [5.41, 5.74) is 4.06. The van der Waals surface area contributed by atoms with Gasteiger partial charge in [-0.1, -0.05) is 43.2 Å². The van der Waals surface area contributed by atoms with E-state index in [0.717, 1.165) is 28.4 Å². The molecule has 1 unspecified atom stereocenters. The van der Waals surface area contributed by atoms with Gasteiger partial charge in [-0.05, 0) is 130 Å². The van der Waals surface area contributed by atoms with Crippen LogP contribution in [0.1, 0.15) is 56.9 Å². The van der Waals surface area contributed by atoms with Crippen LogP contribution in [0.5, 0.6) is 34.5 Å². The van der Waals surface area contributed by atoms with E-state index in [1.54, 1.807) is 30.3 Å². The summed E-state index contributed by atoms with van der Waals surface area (Å²) in [6, 6.07) is 24.5. The van der Waals surface area contributed by atoms with Gasteiger partial charge in [-0.3, -0.25) is 24.6 Å². The number of para-hydroxylation sites is 1. The van der Waals surface area contributed by atoms with Crippen LogP contribution in [-0.4, -0.2) is 72.3 Å². The topological polar surface area (TPSA) is 231 Å². The minimum atomic E-state index is -0.919. The largest absolute Gasteiger partial charge is 0.490 e. The van der Waals surface area contributed by atoms with Gasteiger partial charge in [-0.25, -0.2) is 19.4 Å². The van der Waals surface area contributed by atoms with E-state index in [9.17, 15) is 33.6 Å². The second kappa shape index (κ2) is 25.6. The number of rotatable bonds is 21. The second-order valence-electron chi connectivity index (χ2n) is 16.8. The summed E-state index contributed by atoms with van der Waals surface area (Å²) in [6.07, 6.45) is 6.63. The Morgan fingerprint density at radius 1 is 0.575 bits per heavy atom. The van der Waals surface area contributed by atoms with Gasteiger partial charge in [0.1, 0.15) is 47.7 Å². The first-order chi connectivity index (χ1) is 35.4. The molecule has 0 aliphatic heterocycles. The van der Waals surface area contributed by atoms with Crippen molar-refractivity contribution < 1.29 is 71.5 Å². The lowest BCUT2D eigenvalue weighted by Gasteiger charge is -2.26. The first-order valence-electron chi connectivity index (χ1n) is 23.3. The van der Waals surface area contributed by atoms with Crippen LogP contribution >= 0.6 is 11.3 Å². The Morgan fingerprint density at radius 3 is 1.59 bits per heavy atom. The number of aromatic nitrogens is 1. The lowest BCUT2D eigenvalue weighted by molar-refractivity contribution is -0.154. The molecule has 378 valence electrons. The molecule has 0 saturated heterocycles. The summed E-state index contributed by atoms with van der Waals surface area (Å²) in [6.45, 7) is 9.65. The first kappa shape index (κ1) is 52.4. The molecule has 1 N–H and O–H groups in total. The minimum Gasteiger partial charge on any atom is -0.490 e. The summed E-state index contributed by atoms with van der Waals surface area (Å²) >= 11 is 1.41. The van der Waals surface area contributed by atoms with Crippen molar-refractivity contribution in [1.82, 2.24) is 4.98 Å². The Kier molecular flexibility index (Phi) is 18.4. The fourth-order valence-electron chi connectivity index (χ4n) is 7.87. The maximum absolute atomic E-state index is 13.6. The average Bonchev–Trinajstić information content (AvgIpc) is 3.83. The second-order valence-corrected chi connectivity index (χ2v) is 17.8. The SMILES string of the molecule is C=CC(=O)OCC(COc1ccc(OC(=O)C2CCC(C(=O)Oc3ccc(OC(=O)C4CCC(C(=O)Oc5ccc(OC(=O)C=C)cc5)CC4)c(/C=N/Nc4nc5ccccc5s4)c3)CC2)cc1)OC(=O)C=C. The highest BCUT2D eigenvalue weighted by atomic mass is 32.1. The molecule has 18 nitrogen and oxygen atoms in total. The summed E-state index contributed by atoms with van der Waals surface area (Å²) in [4.78, 5) is 92.5. The molecule has 1 atom stereocenters. The maximum atomic E-state index is 13.6. The summed E-state index contributed by atoms with van der Waals surface area (Å²) in [7, 11) is 0. The lowest BCUT2D eigenvalue weighted by Crippen LogP contribution is -2.30. The summed E-state index contributed by atoms with van der Waals surface area (Å²) in [5, 5.41) is 4.89. The highest BCUT2D eigenvalue weighted by Gasteiger charge is 2.34. The van der Waals surface area contributed by atoms with E-state index >= 15 is 0 Å². The zero-order chi connectivity index (χ0) is 51.7. The Hall–Kier alpha value is -8.45. The molecule has 0 bridgehead atoms. The third-order valence-corrected chi connectivity index (χ3v) is 12.7. The number of nitrogens with zero attached hydrogens (tertiary/aromatic N) is 2. The summed E-state index contributed by atoms with van der Waals surface area (Å²) < 4.78 is 44.8. The minimum absolute atomic E-state index is 0.139. The van der Waals surface area contributed by atoms with E-state index in [2.05, 4.69) is 35.2 Å². The first-order valence-corrected chi connectivity index (χ1v) is 24.1. The number of nitrogens with one attached hydrogen (secondary N) is 1. The van der Waals surface area contributed by atoms with Crippen LogP contribution in [-0.2, 0) is 43.0 Å². The van der Waals surface area contributed by atoms with Gasteiger partial charge in [0.2, 0.25) is 5.13 Å². The van der Waals surface area contributed by atoms with E-state index in [0.29, 0.717) is 73.6 Å². The van der Waals surface area contributed by atoms with E-state index in [1.807, 2.05) is 24.3 Å². The van der Waals surface area contributed by atoms with Crippen molar-refractivity contribution in [3.8, 4) is 34.5 Å². The normalized spacial score (nSPS) is 17.7. The Labute approximate surface area is 423 Å². The van der Waals surface area contributed by atoms with Crippen LogP contribution < -0.4 is 33.8 Å². The van der Waals surface area contributed by atoms with Gasteiger partial charge >= 0.3 is 41.8 Å². The van der Waals surface area contributed by atoms with Crippen LogP contribution in [0.4, 0.5) is 5.13 Å². The van der Waals surface area contributed by atoms with Gasteiger partial charge in [0.05, 0.1) is 40.1 Å². The zero-order valence-corrected chi connectivity index (χ0v) is 40.3. The predicted octanol–water partition coefficient (Wildman–Crippen LogP) is 8.67. The number of anilines is 1. The van der Waals surface area contributed by atoms with Crippen LogP contribution in [0.2, 0.25) is 0 Å². The van der Waals surface area contributed by atoms with E-state index in [4.69, 9.17) is 37.9 Å². The predicted molar refractivity (Wildman–Crippen MR) is 266 cm³/mol. The molecule has 1 heterocycles. The molecule has 2 aliphatic rings. The van der Waals surface area contributed by atoms with E-state index in [-0.39, 0.29) is 36.2 Å². The quantitative estimate of drug-likeness (QED) is 0.0238. The Bertz CT molecular complexity index is 2830. The maximum Gasteiger partial charge on any atom is 0.335 e. The smallest absolute Gasteiger partial charge is 0.335 e. The molecule has 73 heavy (non-hydrogen) atoms. The molecule has 2 fully saturated rings. The molecule has 7 rings (SSSR count). The Balaban J connectivity index is 0.912. The molecule has 2 aliphatic carbocycles. The lowest BCUT2D eigenvalue weighted by atomic mass is 9.82. The average molecular weight is 1010 g/mol. The van der Waals surface area contributed by atoms with Crippen molar-refractivity contribution in [1.29, 1.82) is 0 Å². The molecular weight excluding hydrogens is 963 g/mol. The number of hydrogen-bond acceptors (Lipinski definition) is 19. The van der Waals surface area contributed by atoms with Gasteiger partial charge in [-0.15, -0.1) is 0 Å². The van der Waals surface area contributed by atoms with Gasteiger partial charge in [0.15, 0.2) is 6.10 Å². The van der Waals surface area contributed by atoms with Gasteiger partial charge in [0, 0.05) is 23.8 Å². The number of carbonyl (C=O) groups excluding carboxylic acids is 7. The molecule has 19 heteroatoms. The number of hydrazone groups is 1. The van der Waals surface area contributed by atoms with Gasteiger partial charge in [-0.2, -0.15) is 5.10 Å².